The lowest BCUT2D eigenvalue weighted by molar-refractivity contribution is 0.101. The molecule has 1 aromatic heterocycles. The van der Waals surface area contributed by atoms with Crippen LogP contribution in [0.5, 0.6) is 17.2 Å². The van der Waals surface area contributed by atoms with Gasteiger partial charge in [-0.25, -0.2) is 0 Å². The third-order valence-electron chi connectivity index (χ3n) is 6.09. The molecule has 2 aromatic carbocycles. The minimum absolute atomic E-state index is 0.141. The zero-order valence-electron chi connectivity index (χ0n) is 18.4. The number of allylic oxidation sites excluding steroid dienone is 1. The minimum atomic E-state index is -0.181. The second-order valence-electron chi connectivity index (χ2n) is 8.13. The molecule has 2 aliphatic rings. The summed E-state index contributed by atoms with van der Waals surface area (Å²) in [6.07, 6.45) is 5.04. The number of ether oxygens (including phenoxy) is 2. The Labute approximate surface area is 192 Å². The van der Waals surface area contributed by atoms with Gasteiger partial charge in [-0.1, -0.05) is 6.07 Å². The number of aromatic nitrogens is 1. The number of pyridine rings is 1. The topological polar surface area (TPSA) is 75.1 Å². The molecule has 7 heteroatoms. The van der Waals surface area contributed by atoms with E-state index in [0.29, 0.717) is 23.4 Å². The molecule has 0 atom stereocenters. The molecule has 1 N–H and O–H groups in total. The Morgan fingerprint density at radius 2 is 1.88 bits per heavy atom. The Kier molecular flexibility index (Phi) is 5.71. The van der Waals surface area contributed by atoms with Crippen molar-refractivity contribution in [3.8, 4) is 17.2 Å². The highest BCUT2D eigenvalue weighted by atomic mass is 16.5. The van der Waals surface area contributed by atoms with E-state index in [0.717, 1.165) is 43.2 Å². The molecule has 0 amide bonds. The zero-order chi connectivity index (χ0) is 22.8. The van der Waals surface area contributed by atoms with Crippen LogP contribution >= 0.6 is 0 Å². The van der Waals surface area contributed by atoms with Gasteiger partial charge in [0.05, 0.1) is 18.2 Å². The monoisotopic (exact) mass is 443 g/mol. The Bertz CT molecular complexity index is 1180. The third-order valence-corrected chi connectivity index (χ3v) is 6.09. The van der Waals surface area contributed by atoms with Crippen molar-refractivity contribution < 1.29 is 19.4 Å². The Morgan fingerprint density at radius 1 is 1.09 bits per heavy atom. The number of phenolic OH excluding ortho intramolecular Hbond substituents is 1. The van der Waals surface area contributed by atoms with Crippen LogP contribution < -0.4 is 14.4 Å². The van der Waals surface area contributed by atoms with E-state index in [2.05, 4.69) is 26.9 Å². The molecule has 5 rings (SSSR count). The first-order chi connectivity index (χ1) is 16.1. The Balaban J connectivity index is 1.30. The molecule has 0 unspecified atom stereocenters. The van der Waals surface area contributed by atoms with Crippen LogP contribution in [0.2, 0.25) is 0 Å². The van der Waals surface area contributed by atoms with Crippen LogP contribution in [-0.2, 0) is 6.54 Å². The number of anilines is 1. The maximum atomic E-state index is 12.9. The molecule has 3 heterocycles. The fourth-order valence-electron chi connectivity index (χ4n) is 4.24. The lowest BCUT2D eigenvalue weighted by Crippen LogP contribution is -2.46. The molecule has 0 bridgehead atoms. The first kappa shape index (κ1) is 21.0. The smallest absolute Gasteiger partial charge is 0.231 e. The molecule has 0 spiro atoms. The second-order valence-corrected chi connectivity index (χ2v) is 8.13. The fraction of sp³-hybridized carbons (Fsp3) is 0.231. The number of ketones is 1. The van der Waals surface area contributed by atoms with Crippen LogP contribution in [-0.4, -0.2) is 54.1 Å². The van der Waals surface area contributed by atoms with Crippen LogP contribution in [0.1, 0.15) is 21.5 Å². The highest BCUT2D eigenvalue weighted by Gasteiger charge is 2.32. The number of phenols is 1. The van der Waals surface area contributed by atoms with E-state index in [1.807, 2.05) is 24.3 Å². The molecule has 33 heavy (non-hydrogen) atoms. The number of hydrogen-bond acceptors (Lipinski definition) is 7. The number of nitrogens with zero attached hydrogens (tertiary/aromatic N) is 3. The molecule has 0 radical (unpaired) electrons. The van der Waals surface area contributed by atoms with E-state index in [-0.39, 0.29) is 17.3 Å². The van der Waals surface area contributed by atoms with Gasteiger partial charge in [0.1, 0.15) is 17.2 Å². The van der Waals surface area contributed by atoms with Crippen molar-refractivity contribution in [1.82, 2.24) is 9.88 Å². The van der Waals surface area contributed by atoms with Gasteiger partial charge in [0.2, 0.25) is 5.78 Å². The number of aromatic hydroxyl groups is 1. The first-order valence-corrected chi connectivity index (χ1v) is 10.9. The highest BCUT2D eigenvalue weighted by molar-refractivity contribution is 6.14. The number of carbonyl (C=O) groups excluding carboxylic acids is 1. The minimum Gasteiger partial charge on any atom is -0.507 e. The maximum absolute atomic E-state index is 12.9. The summed E-state index contributed by atoms with van der Waals surface area (Å²) >= 11 is 0. The van der Waals surface area contributed by atoms with E-state index in [1.54, 1.807) is 37.7 Å². The molecule has 0 aliphatic carbocycles. The summed E-state index contributed by atoms with van der Waals surface area (Å²) in [5.41, 5.74) is 3.08. The number of fused-ring (bicyclic) bond motifs is 1. The largest absolute Gasteiger partial charge is 0.507 e. The summed E-state index contributed by atoms with van der Waals surface area (Å²) in [5.74, 6) is 1.50. The standard InChI is InChI=1S/C26H25N3O4/c1-32-20-6-4-19(5-7-20)29-13-11-28(12-14-29)17-22-23(30)9-8-21-25(31)24(33-26(21)22)15-18-3-2-10-27-16-18/h2-10,15-16,30H,11-14,17H2,1H3/b24-15-. The van der Waals surface area contributed by atoms with Crippen molar-refractivity contribution >= 4 is 17.5 Å². The van der Waals surface area contributed by atoms with Gasteiger partial charge in [-0.2, -0.15) is 0 Å². The van der Waals surface area contributed by atoms with Crippen molar-refractivity contribution in [2.45, 2.75) is 6.54 Å². The number of Topliss-reactive ketones (excluding diaryl/α,β-unsaturated/α-hetero) is 1. The summed E-state index contributed by atoms with van der Waals surface area (Å²) in [6, 6.07) is 15.0. The van der Waals surface area contributed by atoms with Crippen LogP contribution in [0.15, 0.2) is 66.7 Å². The van der Waals surface area contributed by atoms with Gasteiger partial charge in [0.15, 0.2) is 5.76 Å². The van der Waals surface area contributed by atoms with Crippen molar-refractivity contribution in [3.05, 3.63) is 83.4 Å². The van der Waals surface area contributed by atoms with Crippen molar-refractivity contribution in [2.75, 3.05) is 38.2 Å². The molecule has 168 valence electrons. The van der Waals surface area contributed by atoms with Gasteiger partial charge in [-0.15, -0.1) is 0 Å². The summed E-state index contributed by atoms with van der Waals surface area (Å²) in [7, 11) is 1.67. The molecule has 1 saturated heterocycles. The molecular weight excluding hydrogens is 418 g/mol. The quantitative estimate of drug-likeness (QED) is 0.602. The average Bonchev–Trinajstić information content (AvgIpc) is 3.17. The molecule has 2 aliphatic heterocycles. The number of piperazine rings is 1. The van der Waals surface area contributed by atoms with Gasteiger partial charge in [0.25, 0.3) is 0 Å². The highest BCUT2D eigenvalue weighted by Crippen LogP contribution is 2.40. The molecule has 1 fully saturated rings. The van der Waals surface area contributed by atoms with Gasteiger partial charge >= 0.3 is 0 Å². The van der Waals surface area contributed by atoms with E-state index in [4.69, 9.17) is 9.47 Å². The van der Waals surface area contributed by atoms with Gasteiger partial charge < -0.3 is 19.5 Å². The SMILES string of the molecule is COc1ccc(N2CCN(Cc3c(O)ccc4c3O/C(=C\c3cccnc3)C4=O)CC2)cc1. The van der Waals surface area contributed by atoms with E-state index >= 15 is 0 Å². The van der Waals surface area contributed by atoms with E-state index < -0.39 is 0 Å². The fourth-order valence-corrected chi connectivity index (χ4v) is 4.24. The maximum Gasteiger partial charge on any atom is 0.231 e. The molecule has 0 saturated carbocycles. The van der Waals surface area contributed by atoms with E-state index in [9.17, 15) is 9.90 Å². The predicted octanol–water partition coefficient (Wildman–Crippen LogP) is 3.73. The number of carbonyl (C=O) groups is 1. The number of benzene rings is 2. The molecule has 7 nitrogen and oxygen atoms in total. The van der Waals surface area contributed by atoms with E-state index in [1.165, 1.54) is 0 Å². The molecule has 3 aromatic rings. The summed E-state index contributed by atoms with van der Waals surface area (Å²) in [6.45, 7) is 3.92. The molecular formula is C26H25N3O4. The van der Waals surface area contributed by atoms with Crippen LogP contribution in [0, 0.1) is 0 Å². The second kappa shape index (κ2) is 8.96. The lowest BCUT2D eigenvalue weighted by Gasteiger charge is -2.36. The summed E-state index contributed by atoms with van der Waals surface area (Å²) in [5, 5.41) is 10.6. The van der Waals surface area contributed by atoms with Gasteiger partial charge in [-0.05, 0) is 54.1 Å². The lowest BCUT2D eigenvalue weighted by atomic mass is 10.0. The number of methoxy groups -OCH3 is 1. The van der Waals surface area contributed by atoms with Crippen molar-refractivity contribution in [1.29, 1.82) is 0 Å². The first-order valence-electron chi connectivity index (χ1n) is 10.9. The number of hydrogen-bond donors (Lipinski definition) is 1. The third kappa shape index (κ3) is 4.27. The normalized spacial score (nSPS) is 17.2. The van der Waals surface area contributed by atoms with Crippen LogP contribution in [0.4, 0.5) is 5.69 Å². The van der Waals surface area contributed by atoms with Crippen molar-refractivity contribution in [2.24, 2.45) is 0 Å². The Hall–Kier alpha value is -3.84. The predicted molar refractivity (Wildman–Crippen MR) is 126 cm³/mol. The van der Waals surface area contributed by atoms with Crippen molar-refractivity contribution in [3.63, 3.8) is 0 Å². The average molecular weight is 444 g/mol. The summed E-state index contributed by atoms with van der Waals surface area (Å²) in [4.78, 5) is 21.6. The van der Waals surface area contributed by atoms with Crippen LogP contribution in [0.25, 0.3) is 6.08 Å². The van der Waals surface area contributed by atoms with Gasteiger partial charge in [-0.3, -0.25) is 14.7 Å². The zero-order valence-corrected chi connectivity index (χ0v) is 18.4. The summed E-state index contributed by atoms with van der Waals surface area (Å²) < 4.78 is 11.2. The van der Waals surface area contributed by atoms with Crippen LogP contribution in [0.3, 0.4) is 0 Å². The Morgan fingerprint density at radius 3 is 2.58 bits per heavy atom. The number of rotatable bonds is 5. The van der Waals surface area contributed by atoms with Gasteiger partial charge in [0, 0.05) is 50.8 Å².